The number of carboxylic acids is 1. The van der Waals surface area contributed by atoms with E-state index in [1.165, 1.54) is 0 Å². The summed E-state index contributed by atoms with van der Waals surface area (Å²) in [5.74, 6) is -0.847. The number of aryl methyl sites for hydroxylation is 1. The highest BCUT2D eigenvalue weighted by Gasteiger charge is 2.04. The number of amides is 2. The van der Waals surface area contributed by atoms with E-state index in [0.29, 0.717) is 11.4 Å². The molecule has 6 heteroatoms. The lowest BCUT2D eigenvalue weighted by molar-refractivity contribution is -0.136. The summed E-state index contributed by atoms with van der Waals surface area (Å²) in [6, 6.07) is 4.61. The molecule has 0 aliphatic rings. The maximum atomic E-state index is 10.5. The highest BCUT2D eigenvalue weighted by Crippen LogP contribution is 2.18. The zero-order valence-electron chi connectivity index (χ0n) is 9.07. The van der Waals surface area contributed by atoms with Crippen molar-refractivity contribution < 1.29 is 14.7 Å². The van der Waals surface area contributed by atoms with Crippen LogP contribution in [0, 0.1) is 0 Å². The molecule has 1 rings (SSSR count). The number of aliphatic carboxylic acids is 1. The molecule has 4 N–H and O–H groups in total. The fourth-order valence-corrected chi connectivity index (χ4v) is 1.59. The second-order valence-electron chi connectivity index (χ2n) is 3.54. The number of carbonyl (C=O) groups is 2. The fourth-order valence-electron chi connectivity index (χ4n) is 1.32. The van der Waals surface area contributed by atoms with Gasteiger partial charge in [0, 0.05) is 18.0 Å². The minimum atomic E-state index is -0.847. The van der Waals surface area contributed by atoms with Crippen LogP contribution in [0.1, 0.15) is 17.5 Å². The Bertz CT molecular complexity index is 435. The van der Waals surface area contributed by atoms with E-state index in [1.54, 1.807) is 18.2 Å². The molecule has 0 aromatic heterocycles. The lowest BCUT2D eigenvalue weighted by atomic mass is 10.1. The van der Waals surface area contributed by atoms with Crippen molar-refractivity contribution in [2.45, 2.75) is 19.4 Å². The fraction of sp³-hybridized carbons (Fsp3) is 0.273. The first-order chi connectivity index (χ1) is 7.99. The molecule has 0 saturated carbocycles. The number of hydrogen-bond donors (Lipinski definition) is 3. The summed E-state index contributed by atoms with van der Waals surface area (Å²) in [4.78, 5) is 20.9. The van der Waals surface area contributed by atoms with Crippen LogP contribution in [0.5, 0.6) is 0 Å². The molecule has 1 aromatic rings. The highest BCUT2D eigenvalue weighted by molar-refractivity contribution is 6.31. The van der Waals surface area contributed by atoms with Crippen molar-refractivity contribution >= 4 is 23.6 Å². The van der Waals surface area contributed by atoms with Crippen molar-refractivity contribution in [3.05, 3.63) is 34.3 Å². The number of urea groups is 1. The Morgan fingerprint density at radius 1 is 1.41 bits per heavy atom. The Balaban J connectivity index is 2.65. The quantitative estimate of drug-likeness (QED) is 0.746. The average molecular weight is 257 g/mol. The first kappa shape index (κ1) is 13.3. The van der Waals surface area contributed by atoms with Crippen LogP contribution >= 0.6 is 11.6 Å². The van der Waals surface area contributed by atoms with Crippen molar-refractivity contribution in [2.75, 3.05) is 0 Å². The summed E-state index contributed by atoms with van der Waals surface area (Å²) in [5, 5.41) is 11.5. The second-order valence-corrected chi connectivity index (χ2v) is 3.94. The molecule has 17 heavy (non-hydrogen) atoms. The lowest BCUT2D eigenvalue weighted by Gasteiger charge is -2.07. The minimum Gasteiger partial charge on any atom is -0.481 e. The molecular formula is C11H13ClN2O3. The minimum absolute atomic E-state index is 0.0647. The summed E-state index contributed by atoms with van der Waals surface area (Å²) in [7, 11) is 0. The first-order valence-electron chi connectivity index (χ1n) is 5.01. The smallest absolute Gasteiger partial charge is 0.312 e. The molecule has 0 fully saturated rings. The summed E-state index contributed by atoms with van der Waals surface area (Å²) in [5.41, 5.74) is 6.53. The monoisotopic (exact) mass is 256 g/mol. The molecule has 92 valence electrons. The van der Waals surface area contributed by atoms with Crippen LogP contribution < -0.4 is 11.1 Å². The van der Waals surface area contributed by atoms with Gasteiger partial charge < -0.3 is 16.2 Å². The zero-order chi connectivity index (χ0) is 12.8. The molecule has 0 saturated heterocycles. The number of benzene rings is 1. The van der Waals surface area contributed by atoms with Crippen molar-refractivity contribution in [3.63, 3.8) is 0 Å². The molecule has 5 nitrogen and oxygen atoms in total. The van der Waals surface area contributed by atoms with Gasteiger partial charge in [0.2, 0.25) is 0 Å². The van der Waals surface area contributed by atoms with Crippen LogP contribution in [0.2, 0.25) is 5.02 Å². The molecule has 0 heterocycles. The zero-order valence-corrected chi connectivity index (χ0v) is 9.83. The van der Waals surface area contributed by atoms with E-state index in [9.17, 15) is 9.59 Å². The Hall–Kier alpha value is -1.75. The van der Waals surface area contributed by atoms with Crippen LogP contribution in [-0.4, -0.2) is 17.1 Å². The molecule has 0 aliphatic heterocycles. The molecule has 0 radical (unpaired) electrons. The SMILES string of the molecule is NC(=O)NCc1ccc(CCC(=O)O)cc1Cl. The Labute approximate surface area is 104 Å². The number of hydrogen-bond acceptors (Lipinski definition) is 2. The Kier molecular flexibility index (Phi) is 4.78. The van der Waals surface area contributed by atoms with Gasteiger partial charge in [0.1, 0.15) is 0 Å². The maximum absolute atomic E-state index is 10.5. The number of nitrogens with two attached hydrogens (primary N) is 1. The van der Waals surface area contributed by atoms with E-state index in [-0.39, 0.29) is 13.0 Å². The van der Waals surface area contributed by atoms with E-state index in [1.807, 2.05) is 0 Å². The van der Waals surface area contributed by atoms with Crippen molar-refractivity contribution in [1.29, 1.82) is 0 Å². The van der Waals surface area contributed by atoms with Crippen LogP contribution in [0.4, 0.5) is 4.79 Å². The number of nitrogens with one attached hydrogen (secondary N) is 1. The predicted molar refractivity (Wildman–Crippen MR) is 63.8 cm³/mol. The third-order valence-electron chi connectivity index (χ3n) is 2.20. The topological polar surface area (TPSA) is 92.4 Å². The standard InChI is InChI=1S/C11H13ClN2O3/c12-9-5-7(2-4-10(15)16)1-3-8(9)6-14-11(13)17/h1,3,5H,2,4,6H2,(H,15,16)(H3,13,14,17). The van der Waals surface area contributed by atoms with Crippen molar-refractivity contribution in [3.8, 4) is 0 Å². The van der Waals surface area contributed by atoms with E-state index in [2.05, 4.69) is 5.32 Å². The summed E-state index contributed by atoms with van der Waals surface area (Å²) < 4.78 is 0. The molecule has 1 aromatic carbocycles. The van der Waals surface area contributed by atoms with Gasteiger partial charge in [-0.1, -0.05) is 23.7 Å². The van der Waals surface area contributed by atoms with Gasteiger partial charge in [-0.15, -0.1) is 0 Å². The Morgan fingerprint density at radius 2 is 2.12 bits per heavy atom. The van der Waals surface area contributed by atoms with E-state index >= 15 is 0 Å². The first-order valence-corrected chi connectivity index (χ1v) is 5.39. The number of carboxylic acid groups (broad SMARTS) is 1. The number of halogens is 1. The van der Waals surface area contributed by atoms with Gasteiger partial charge in [0.15, 0.2) is 0 Å². The van der Waals surface area contributed by atoms with Gasteiger partial charge in [-0.3, -0.25) is 4.79 Å². The molecule has 0 atom stereocenters. The van der Waals surface area contributed by atoms with E-state index < -0.39 is 12.0 Å². The largest absolute Gasteiger partial charge is 0.481 e. The maximum Gasteiger partial charge on any atom is 0.312 e. The number of rotatable bonds is 5. The van der Waals surface area contributed by atoms with Crippen molar-refractivity contribution in [1.82, 2.24) is 5.32 Å². The van der Waals surface area contributed by atoms with Crippen LogP contribution in [0.15, 0.2) is 18.2 Å². The Morgan fingerprint density at radius 3 is 2.65 bits per heavy atom. The number of carbonyl (C=O) groups excluding carboxylic acids is 1. The molecule has 0 bridgehead atoms. The van der Waals surface area contributed by atoms with Gasteiger partial charge in [0.05, 0.1) is 0 Å². The second kappa shape index (κ2) is 6.10. The summed E-state index contributed by atoms with van der Waals surface area (Å²) in [6.07, 6.45) is 0.494. The van der Waals surface area contributed by atoms with E-state index in [0.717, 1.165) is 11.1 Å². The van der Waals surface area contributed by atoms with E-state index in [4.69, 9.17) is 22.4 Å². The number of primary amides is 1. The normalized spacial score (nSPS) is 9.94. The van der Waals surface area contributed by atoms with Gasteiger partial charge in [-0.05, 0) is 23.6 Å². The highest BCUT2D eigenvalue weighted by atomic mass is 35.5. The molecule has 2 amide bonds. The summed E-state index contributed by atoms with van der Waals surface area (Å²) >= 11 is 5.99. The van der Waals surface area contributed by atoms with Gasteiger partial charge in [-0.25, -0.2) is 4.79 Å². The molecule has 0 aliphatic carbocycles. The predicted octanol–water partition coefficient (Wildman–Crippen LogP) is 1.53. The van der Waals surface area contributed by atoms with Crippen LogP contribution in [-0.2, 0) is 17.8 Å². The summed E-state index contributed by atoms with van der Waals surface area (Å²) in [6.45, 7) is 0.257. The molecule has 0 spiro atoms. The molecular weight excluding hydrogens is 244 g/mol. The van der Waals surface area contributed by atoms with Crippen molar-refractivity contribution in [2.24, 2.45) is 5.73 Å². The lowest BCUT2D eigenvalue weighted by Crippen LogP contribution is -2.28. The third kappa shape index (κ3) is 4.74. The third-order valence-corrected chi connectivity index (χ3v) is 2.55. The van der Waals surface area contributed by atoms with Crippen LogP contribution in [0.25, 0.3) is 0 Å². The van der Waals surface area contributed by atoms with Gasteiger partial charge in [0.25, 0.3) is 0 Å². The van der Waals surface area contributed by atoms with Gasteiger partial charge >= 0.3 is 12.0 Å². The van der Waals surface area contributed by atoms with Crippen LogP contribution in [0.3, 0.4) is 0 Å². The van der Waals surface area contributed by atoms with Gasteiger partial charge in [-0.2, -0.15) is 0 Å². The average Bonchev–Trinajstić information content (AvgIpc) is 2.24. The molecule has 0 unspecified atom stereocenters.